The minimum absolute atomic E-state index is 0.234. The van der Waals surface area contributed by atoms with Crippen LogP contribution in [0.25, 0.3) is 6.08 Å². The normalized spacial score (nSPS) is 10.2. The van der Waals surface area contributed by atoms with Crippen molar-refractivity contribution in [2.45, 2.75) is 0 Å². The minimum atomic E-state index is -0.290. The SMILES string of the molecule is C=CCOc1ccc(NC(=S)NC(=O)/C=C/c2ccccc2)cc1. The molecule has 2 rings (SSSR count). The average Bonchev–Trinajstić information content (AvgIpc) is 2.60. The zero-order valence-corrected chi connectivity index (χ0v) is 13.9. The van der Waals surface area contributed by atoms with Gasteiger partial charge in [-0.15, -0.1) is 0 Å². The van der Waals surface area contributed by atoms with E-state index in [9.17, 15) is 4.79 Å². The zero-order chi connectivity index (χ0) is 17.2. The van der Waals surface area contributed by atoms with Gasteiger partial charge in [0.05, 0.1) is 0 Å². The summed E-state index contributed by atoms with van der Waals surface area (Å²) in [6, 6.07) is 16.8. The van der Waals surface area contributed by atoms with E-state index in [1.54, 1.807) is 12.2 Å². The van der Waals surface area contributed by atoms with Crippen LogP contribution in [-0.2, 0) is 4.79 Å². The Morgan fingerprint density at radius 3 is 2.50 bits per heavy atom. The number of thiocarbonyl (C=S) groups is 1. The third-order valence-electron chi connectivity index (χ3n) is 2.94. The molecule has 0 spiro atoms. The number of rotatable bonds is 6. The second-order valence-corrected chi connectivity index (χ2v) is 5.22. The van der Waals surface area contributed by atoms with Crippen LogP contribution < -0.4 is 15.4 Å². The topological polar surface area (TPSA) is 50.4 Å². The first kappa shape index (κ1) is 17.4. The lowest BCUT2D eigenvalue weighted by Crippen LogP contribution is -2.32. The van der Waals surface area contributed by atoms with E-state index in [1.807, 2.05) is 54.6 Å². The Bertz CT molecular complexity index is 725. The molecule has 5 heteroatoms. The molecule has 24 heavy (non-hydrogen) atoms. The van der Waals surface area contributed by atoms with Crippen LogP contribution in [0, 0.1) is 0 Å². The third kappa shape index (κ3) is 6.06. The number of benzene rings is 2. The second kappa shape index (κ2) is 9.27. The molecule has 0 radical (unpaired) electrons. The molecule has 0 aromatic heterocycles. The molecule has 0 saturated carbocycles. The van der Waals surface area contributed by atoms with Crippen LogP contribution in [0.15, 0.2) is 73.3 Å². The Kier molecular flexibility index (Phi) is 6.73. The van der Waals surface area contributed by atoms with Crippen LogP contribution >= 0.6 is 12.2 Å². The molecule has 2 N–H and O–H groups in total. The average molecular weight is 338 g/mol. The van der Waals surface area contributed by atoms with Gasteiger partial charge in [0.25, 0.3) is 0 Å². The number of anilines is 1. The molecule has 0 fully saturated rings. The van der Waals surface area contributed by atoms with Gasteiger partial charge >= 0.3 is 0 Å². The lowest BCUT2D eigenvalue weighted by atomic mass is 10.2. The summed E-state index contributed by atoms with van der Waals surface area (Å²) >= 11 is 5.12. The number of carbonyl (C=O) groups is 1. The Morgan fingerprint density at radius 2 is 1.83 bits per heavy atom. The van der Waals surface area contributed by atoms with E-state index in [0.29, 0.717) is 6.61 Å². The van der Waals surface area contributed by atoms with Crippen molar-refractivity contribution in [3.8, 4) is 5.75 Å². The van der Waals surface area contributed by atoms with E-state index in [-0.39, 0.29) is 11.0 Å². The molecule has 2 aromatic rings. The first-order valence-electron chi connectivity index (χ1n) is 7.36. The fourth-order valence-corrected chi connectivity index (χ4v) is 2.06. The van der Waals surface area contributed by atoms with E-state index < -0.39 is 0 Å². The van der Waals surface area contributed by atoms with Crippen LogP contribution in [0.4, 0.5) is 5.69 Å². The highest BCUT2D eigenvalue weighted by molar-refractivity contribution is 7.80. The van der Waals surface area contributed by atoms with Gasteiger partial charge in [-0.2, -0.15) is 0 Å². The Labute approximate surface area is 146 Å². The van der Waals surface area contributed by atoms with Gasteiger partial charge in [-0.05, 0) is 48.1 Å². The maximum atomic E-state index is 11.8. The van der Waals surface area contributed by atoms with Crippen LogP contribution in [0.5, 0.6) is 5.75 Å². The second-order valence-electron chi connectivity index (χ2n) is 4.81. The van der Waals surface area contributed by atoms with Gasteiger partial charge in [0.15, 0.2) is 5.11 Å². The van der Waals surface area contributed by atoms with Crippen molar-refractivity contribution in [3.05, 3.63) is 78.9 Å². The van der Waals surface area contributed by atoms with Crippen molar-refractivity contribution >= 4 is 35.0 Å². The number of carbonyl (C=O) groups excluding carboxylic acids is 1. The standard InChI is InChI=1S/C19H18N2O2S/c1-2-14-23-17-11-9-16(10-12-17)20-19(24)21-18(22)13-8-15-6-4-3-5-7-15/h2-13H,1,14H2,(H2,20,21,22,24)/b13-8+. The highest BCUT2D eigenvalue weighted by atomic mass is 32.1. The molecule has 0 saturated heterocycles. The molecule has 0 bridgehead atoms. The summed E-state index contributed by atoms with van der Waals surface area (Å²) < 4.78 is 5.40. The van der Waals surface area contributed by atoms with Gasteiger partial charge in [-0.25, -0.2) is 0 Å². The highest BCUT2D eigenvalue weighted by Crippen LogP contribution is 2.15. The first-order valence-corrected chi connectivity index (χ1v) is 7.77. The van der Waals surface area contributed by atoms with Crippen molar-refractivity contribution in [3.63, 3.8) is 0 Å². The van der Waals surface area contributed by atoms with Gasteiger partial charge in [0, 0.05) is 11.8 Å². The first-order chi connectivity index (χ1) is 11.7. The van der Waals surface area contributed by atoms with Crippen molar-refractivity contribution in [2.24, 2.45) is 0 Å². The summed E-state index contributed by atoms with van der Waals surface area (Å²) in [5.74, 6) is 0.448. The smallest absolute Gasteiger partial charge is 0.250 e. The van der Waals surface area contributed by atoms with Crippen LogP contribution in [-0.4, -0.2) is 17.6 Å². The van der Waals surface area contributed by atoms with Crippen molar-refractivity contribution in [1.82, 2.24) is 5.32 Å². The predicted octanol–water partition coefficient (Wildman–Crippen LogP) is 3.78. The molecule has 122 valence electrons. The summed E-state index contributed by atoms with van der Waals surface area (Å²) in [4.78, 5) is 11.8. The van der Waals surface area contributed by atoms with Crippen LogP contribution in [0.3, 0.4) is 0 Å². The number of hydrogen-bond donors (Lipinski definition) is 2. The van der Waals surface area contributed by atoms with Gasteiger partial charge in [0.2, 0.25) is 5.91 Å². The molecule has 4 nitrogen and oxygen atoms in total. The molecule has 0 unspecified atom stereocenters. The quantitative estimate of drug-likeness (QED) is 0.478. The van der Waals surface area contributed by atoms with Gasteiger partial charge in [0.1, 0.15) is 12.4 Å². The van der Waals surface area contributed by atoms with E-state index in [2.05, 4.69) is 17.2 Å². The highest BCUT2D eigenvalue weighted by Gasteiger charge is 2.02. The van der Waals surface area contributed by atoms with Crippen molar-refractivity contribution in [2.75, 3.05) is 11.9 Å². The lowest BCUT2D eigenvalue weighted by Gasteiger charge is -2.09. The summed E-state index contributed by atoms with van der Waals surface area (Å²) in [6.07, 6.45) is 4.85. The predicted molar refractivity (Wildman–Crippen MR) is 102 cm³/mol. The van der Waals surface area contributed by atoms with E-state index in [4.69, 9.17) is 17.0 Å². The van der Waals surface area contributed by atoms with Crippen LogP contribution in [0.1, 0.15) is 5.56 Å². The number of amides is 1. The maximum Gasteiger partial charge on any atom is 0.250 e. The zero-order valence-electron chi connectivity index (χ0n) is 13.1. The molecule has 0 aliphatic carbocycles. The van der Waals surface area contributed by atoms with Gasteiger partial charge in [-0.1, -0.05) is 43.0 Å². The molecule has 2 aromatic carbocycles. The molecule has 0 atom stereocenters. The lowest BCUT2D eigenvalue weighted by molar-refractivity contribution is -0.115. The monoisotopic (exact) mass is 338 g/mol. The maximum absolute atomic E-state index is 11.8. The minimum Gasteiger partial charge on any atom is -0.490 e. The van der Waals surface area contributed by atoms with Gasteiger partial charge in [-0.3, -0.25) is 10.1 Å². The molecular formula is C19H18N2O2S. The molecule has 0 heterocycles. The summed E-state index contributed by atoms with van der Waals surface area (Å²) in [5.41, 5.74) is 1.71. The van der Waals surface area contributed by atoms with E-state index in [1.165, 1.54) is 6.08 Å². The number of hydrogen-bond acceptors (Lipinski definition) is 3. The summed E-state index contributed by atoms with van der Waals surface area (Å²) in [7, 11) is 0. The van der Waals surface area contributed by atoms with E-state index in [0.717, 1.165) is 17.0 Å². The Balaban J connectivity index is 1.83. The fraction of sp³-hybridized carbons (Fsp3) is 0.0526. The number of nitrogens with one attached hydrogen (secondary N) is 2. The third-order valence-corrected chi connectivity index (χ3v) is 3.15. The van der Waals surface area contributed by atoms with Crippen molar-refractivity contribution < 1.29 is 9.53 Å². The van der Waals surface area contributed by atoms with Crippen LogP contribution in [0.2, 0.25) is 0 Å². The molecule has 0 aliphatic rings. The van der Waals surface area contributed by atoms with E-state index >= 15 is 0 Å². The largest absolute Gasteiger partial charge is 0.490 e. The molecule has 0 aliphatic heterocycles. The molecular weight excluding hydrogens is 320 g/mol. The number of ether oxygens (including phenoxy) is 1. The summed E-state index contributed by atoms with van der Waals surface area (Å²) in [6.45, 7) is 4.05. The van der Waals surface area contributed by atoms with Gasteiger partial charge < -0.3 is 10.1 Å². The fourth-order valence-electron chi connectivity index (χ4n) is 1.84. The summed E-state index contributed by atoms with van der Waals surface area (Å²) in [5, 5.41) is 5.78. The molecule has 1 amide bonds. The Hall–Kier alpha value is -2.92. The van der Waals surface area contributed by atoms with Crippen molar-refractivity contribution in [1.29, 1.82) is 0 Å². The Morgan fingerprint density at radius 1 is 1.12 bits per heavy atom.